The highest BCUT2D eigenvalue weighted by Gasteiger charge is 2.49. The van der Waals surface area contributed by atoms with Crippen LogP contribution in [0.5, 0.6) is 5.75 Å². The van der Waals surface area contributed by atoms with Gasteiger partial charge in [0.2, 0.25) is 0 Å². The third-order valence-electron chi connectivity index (χ3n) is 9.57. The zero-order valence-corrected chi connectivity index (χ0v) is 29.9. The number of nitrogens with zero attached hydrogens (tertiary/aromatic N) is 1. The second-order valence-electron chi connectivity index (χ2n) is 15.1. The van der Waals surface area contributed by atoms with Gasteiger partial charge in [-0.05, 0) is 78.0 Å². The molecule has 0 saturated heterocycles. The van der Waals surface area contributed by atoms with Gasteiger partial charge >= 0.3 is 0 Å². The van der Waals surface area contributed by atoms with Crippen LogP contribution in [0.15, 0.2) is 83.2 Å². The number of carbonyl (C=O) groups is 3. The molecule has 0 aromatic heterocycles. The first-order valence-corrected chi connectivity index (χ1v) is 17.2. The van der Waals surface area contributed by atoms with Gasteiger partial charge in [-0.1, -0.05) is 93.4 Å². The highest BCUT2D eigenvalue weighted by molar-refractivity contribution is 6.37. The van der Waals surface area contributed by atoms with Crippen LogP contribution < -0.4 is 10.1 Å². The van der Waals surface area contributed by atoms with Gasteiger partial charge in [0.1, 0.15) is 0 Å². The van der Waals surface area contributed by atoms with Crippen LogP contribution >= 0.6 is 23.2 Å². The number of allylic oxidation sites excluding steroid dienone is 4. The summed E-state index contributed by atoms with van der Waals surface area (Å²) in [6.45, 7) is 12.7. The maximum atomic E-state index is 14.2. The van der Waals surface area contributed by atoms with Gasteiger partial charge in [0.05, 0.1) is 10.0 Å². The van der Waals surface area contributed by atoms with Crippen molar-refractivity contribution in [1.29, 1.82) is 0 Å². The lowest BCUT2D eigenvalue weighted by Gasteiger charge is -2.49. The Bertz CT molecular complexity index is 1810. The maximum absolute atomic E-state index is 14.2. The van der Waals surface area contributed by atoms with Crippen LogP contribution in [-0.4, -0.2) is 29.0 Å². The van der Waals surface area contributed by atoms with Crippen LogP contribution in [0.2, 0.25) is 10.0 Å². The van der Waals surface area contributed by atoms with E-state index in [2.05, 4.69) is 50.0 Å². The molecule has 3 aromatic carbocycles. The minimum absolute atomic E-state index is 0.0316. The van der Waals surface area contributed by atoms with Crippen LogP contribution in [0.4, 0.5) is 5.69 Å². The van der Waals surface area contributed by atoms with Crippen LogP contribution in [0.3, 0.4) is 0 Å². The molecule has 0 unspecified atom stereocenters. The summed E-state index contributed by atoms with van der Waals surface area (Å²) in [4.78, 5) is 43.5. The van der Waals surface area contributed by atoms with Gasteiger partial charge in [-0.25, -0.2) is 0 Å². The molecule has 8 heteroatoms. The standard InChI is InChI=1S/C40H42Cl2N2O4/c1-23-12-13-24(2)29(14-23)43-34(47)22-48-38-27(41)15-26(16-28(38)42)35-36-30(17-39(3,4)19-32(36)45)44(21-25-10-8-7-9-11-25)31-18-40(5,6)20-33(46)37(31)35/h7-16,35H,17-22H2,1-6H3,(H,43,47). The number of ketones is 2. The minimum Gasteiger partial charge on any atom is -0.481 e. The fourth-order valence-corrected chi connectivity index (χ4v) is 8.03. The van der Waals surface area contributed by atoms with Crippen molar-refractivity contribution in [2.75, 3.05) is 11.9 Å². The lowest BCUT2D eigenvalue weighted by molar-refractivity contribution is -0.120. The highest BCUT2D eigenvalue weighted by atomic mass is 35.5. The molecule has 1 aliphatic heterocycles. The number of nitrogens with one attached hydrogen (secondary N) is 1. The van der Waals surface area contributed by atoms with Gasteiger partial charge in [-0.3, -0.25) is 14.4 Å². The van der Waals surface area contributed by atoms with E-state index in [4.69, 9.17) is 27.9 Å². The summed E-state index contributed by atoms with van der Waals surface area (Å²) in [7, 11) is 0. The predicted octanol–water partition coefficient (Wildman–Crippen LogP) is 9.51. The van der Waals surface area contributed by atoms with Crippen molar-refractivity contribution in [2.45, 2.75) is 79.7 Å². The second kappa shape index (κ2) is 12.9. The molecule has 0 atom stereocenters. The van der Waals surface area contributed by atoms with E-state index in [1.807, 2.05) is 50.2 Å². The van der Waals surface area contributed by atoms with Crippen molar-refractivity contribution in [3.8, 4) is 5.75 Å². The van der Waals surface area contributed by atoms with Gasteiger partial charge in [0.25, 0.3) is 5.91 Å². The van der Waals surface area contributed by atoms with E-state index in [0.29, 0.717) is 54.6 Å². The van der Waals surface area contributed by atoms with Gasteiger partial charge in [0, 0.05) is 53.5 Å². The summed E-state index contributed by atoms with van der Waals surface area (Å²) in [5.41, 5.74) is 7.18. The van der Waals surface area contributed by atoms with Gasteiger partial charge in [0.15, 0.2) is 23.9 Å². The number of halogens is 2. The first-order chi connectivity index (χ1) is 22.6. The van der Waals surface area contributed by atoms with E-state index in [1.165, 1.54) is 0 Å². The molecule has 3 aromatic rings. The Balaban J connectivity index is 1.40. The van der Waals surface area contributed by atoms with Crippen LogP contribution in [-0.2, 0) is 20.9 Å². The number of aryl methyl sites for hydroxylation is 2. The first kappa shape index (κ1) is 34.0. The number of hydrogen-bond acceptors (Lipinski definition) is 5. The lowest BCUT2D eigenvalue weighted by Crippen LogP contribution is -2.44. The molecule has 0 fully saturated rings. The monoisotopic (exact) mass is 684 g/mol. The Labute approximate surface area is 293 Å². The van der Waals surface area contributed by atoms with Gasteiger partial charge in [-0.2, -0.15) is 0 Å². The molecule has 0 bridgehead atoms. The zero-order chi connectivity index (χ0) is 34.5. The van der Waals surface area contributed by atoms with Crippen LogP contribution in [0.1, 0.15) is 81.5 Å². The van der Waals surface area contributed by atoms with Crippen molar-refractivity contribution in [3.05, 3.63) is 116 Å². The van der Waals surface area contributed by atoms with Gasteiger partial charge in [-0.15, -0.1) is 0 Å². The molecular formula is C40H42Cl2N2O4. The van der Waals surface area contributed by atoms with Crippen molar-refractivity contribution >= 4 is 46.4 Å². The van der Waals surface area contributed by atoms with E-state index < -0.39 is 5.92 Å². The maximum Gasteiger partial charge on any atom is 0.262 e. The summed E-state index contributed by atoms with van der Waals surface area (Å²) < 4.78 is 5.87. The average molecular weight is 686 g/mol. The lowest BCUT2D eigenvalue weighted by atomic mass is 9.63. The summed E-state index contributed by atoms with van der Waals surface area (Å²) in [5.74, 6) is -0.712. The molecule has 2 aliphatic carbocycles. The first-order valence-electron chi connectivity index (χ1n) is 16.5. The quantitative estimate of drug-likeness (QED) is 0.268. The average Bonchev–Trinajstić information content (AvgIpc) is 2.98. The molecule has 3 aliphatic rings. The Kier molecular flexibility index (Phi) is 9.12. The summed E-state index contributed by atoms with van der Waals surface area (Å²) >= 11 is 13.7. The molecule has 0 saturated carbocycles. The number of hydrogen-bond donors (Lipinski definition) is 1. The van der Waals surface area contributed by atoms with Crippen LogP contribution in [0, 0.1) is 24.7 Å². The number of Topliss-reactive ketones (excluding diaryl/α,β-unsaturated/α-hetero) is 2. The molecule has 6 nitrogen and oxygen atoms in total. The van der Waals surface area contributed by atoms with Crippen molar-refractivity contribution < 1.29 is 19.1 Å². The number of rotatable bonds is 7. The predicted molar refractivity (Wildman–Crippen MR) is 191 cm³/mol. The molecule has 0 radical (unpaired) electrons. The van der Waals surface area contributed by atoms with Gasteiger partial charge < -0.3 is 15.0 Å². The number of anilines is 1. The molecule has 6 rings (SSSR count). The van der Waals surface area contributed by atoms with E-state index in [0.717, 1.165) is 28.1 Å². The second-order valence-corrected chi connectivity index (χ2v) is 15.9. The Morgan fingerprint density at radius 3 is 1.96 bits per heavy atom. The van der Waals surface area contributed by atoms with Crippen molar-refractivity contribution in [2.24, 2.45) is 10.8 Å². The number of benzene rings is 3. The molecule has 1 amide bonds. The Morgan fingerprint density at radius 2 is 1.40 bits per heavy atom. The smallest absolute Gasteiger partial charge is 0.262 e. The SMILES string of the molecule is Cc1ccc(C)c(NC(=O)COc2c(Cl)cc(C3C4=C(CC(C)(C)CC4=O)N(Cc4ccccc4)C4=C3C(=O)CC(C)(C)C4)cc2Cl)c1. The number of carbonyl (C=O) groups excluding carboxylic acids is 3. The largest absolute Gasteiger partial charge is 0.481 e. The third-order valence-corrected chi connectivity index (χ3v) is 10.1. The summed E-state index contributed by atoms with van der Waals surface area (Å²) in [5, 5.41) is 3.31. The number of ether oxygens (including phenoxy) is 1. The summed E-state index contributed by atoms with van der Waals surface area (Å²) in [6.07, 6.45) is 2.14. The topological polar surface area (TPSA) is 75.7 Å². The third kappa shape index (κ3) is 6.83. The molecule has 1 heterocycles. The van der Waals surface area contributed by atoms with Crippen molar-refractivity contribution in [3.63, 3.8) is 0 Å². The number of amides is 1. The fraction of sp³-hybridized carbons (Fsp3) is 0.375. The Hall–Kier alpha value is -3.87. The highest BCUT2D eigenvalue weighted by Crippen LogP contribution is 2.55. The van der Waals surface area contributed by atoms with Crippen molar-refractivity contribution in [1.82, 2.24) is 4.90 Å². The molecule has 0 spiro atoms. The zero-order valence-electron chi connectivity index (χ0n) is 28.4. The Morgan fingerprint density at radius 1 is 0.833 bits per heavy atom. The van der Waals surface area contributed by atoms with E-state index in [9.17, 15) is 14.4 Å². The normalized spacial score (nSPS) is 18.9. The van der Waals surface area contributed by atoms with E-state index in [1.54, 1.807) is 12.1 Å². The molecule has 48 heavy (non-hydrogen) atoms. The summed E-state index contributed by atoms with van der Waals surface area (Å²) in [6, 6.07) is 19.5. The fourth-order valence-electron chi connectivity index (χ4n) is 7.42. The molecular weight excluding hydrogens is 643 g/mol. The minimum atomic E-state index is -0.606. The molecule has 250 valence electrons. The van der Waals surface area contributed by atoms with E-state index >= 15 is 0 Å². The molecule has 1 N–H and O–H groups in total. The van der Waals surface area contributed by atoms with Crippen LogP contribution in [0.25, 0.3) is 0 Å². The van der Waals surface area contributed by atoms with E-state index in [-0.39, 0.29) is 50.7 Å².